The van der Waals surface area contributed by atoms with Gasteiger partial charge in [0, 0.05) is 43.4 Å². The predicted octanol–water partition coefficient (Wildman–Crippen LogP) is 14.6. The zero-order valence-corrected chi connectivity index (χ0v) is 33.3. The molecule has 0 radical (unpaired) electrons. The number of allylic oxidation sites excluding steroid dienone is 1. The maximum absolute atomic E-state index is 5.44. The van der Waals surface area contributed by atoms with Gasteiger partial charge in [-0.05, 0) is 107 Å². The van der Waals surface area contributed by atoms with Gasteiger partial charge >= 0.3 is 0 Å². The van der Waals surface area contributed by atoms with Gasteiger partial charge in [0.1, 0.15) is 6.67 Å². The molecule has 0 saturated heterocycles. The molecule has 282 valence electrons. The van der Waals surface area contributed by atoms with Gasteiger partial charge in [-0.3, -0.25) is 9.98 Å². The number of fused-ring (bicyclic) bond motifs is 12. The molecule has 3 aromatic heterocycles. The topological polar surface area (TPSA) is 34.1 Å². The van der Waals surface area contributed by atoms with Crippen LogP contribution in [0.4, 0.5) is 5.69 Å². The second-order valence-electron chi connectivity index (χ2n) is 15.3. The third kappa shape index (κ3) is 5.37. The van der Waals surface area contributed by atoms with Crippen molar-refractivity contribution in [2.45, 2.75) is 33.4 Å². The van der Waals surface area contributed by atoms with Gasteiger partial charge in [0.2, 0.25) is 0 Å². The molecule has 0 atom stereocenters. The van der Waals surface area contributed by atoms with Gasteiger partial charge in [0.15, 0.2) is 0 Å². The highest BCUT2D eigenvalue weighted by molar-refractivity contribution is 6.31. The first-order valence-corrected chi connectivity index (χ1v) is 20.7. The van der Waals surface area contributed by atoms with E-state index in [1.54, 1.807) is 0 Å². The molecule has 12 rings (SSSR count). The number of nitrogens with zero attached hydrogens (tertiary/aromatic N) is 4. The number of para-hydroxylation sites is 3. The first-order chi connectivity index (χ1) is 29.2. The lowest BCUT2D eigenvalue weighted by atomic mass is 9.92. The van der Waals surface area contributed by atoms with Crippen LogP contribution in [0, 0.1) is 0 Å². The summed E-state index contributed by atoms with van der Waals surface area (Å²) >= 11 is 0. The molecule has 4 nitrogen and oxygen atoms in total. The largest absolute Gasteiger partial charge is 0.320 e. The van der Waals surface area contributed by atoms with Crippen LogP contribution >= 0.6 is 0 Å². The average molecular weight is 759 g/mol. The van der Waals surface area contributed by atoms with E-state index in [4.69, 9.17) is 4.99 Å². The highest BCUT2D eigenvalue weighted by atomic mass is 15.1. The molecule has 8 aromatic carbocycles. The van der Waals surface area contributed by atoms with Gasteiger partial charge in [0.05, 0.1) is 39.0 Å². The van der Waals surface area contributed by atoms with Crippen molar-refractivity contribution < 1.29 is 0 Å². The summed E-state index contributed by atoms with van der Waals surface area (Å²) in [5.41, 5.74) is 15.0. The Kier molecular flexibility index (Phi) is 8.26. The predicted molar refractivity (Wildman–Crippen MR) is 253 cm³/mol. The van der Waals surface area contributed by atoms with Crippen LogP contribution in [0.3, 0.4) is 0 Å². The minimum atomic E-state index is 0.462. The van der Waals surface area contributed by atoms with Crippen LogP contribution in [0.25, 0.3) is 87.9 Å². The Hall–Kier alpha value is -7.30. The highest BCUT2D eigenvalue weighted by Crippen LogP contribution is 2.44. The Bertz CT molecular complexity index is 3520. The normalized spacial score (nSPS) is 12.9. The van der Waals surface area contributed by atoms with Gasteiger partial charge in [-0.25, -0.2) is 0 Å². The monoisotopic (exact) mass is 758 g/mol. The maximum Gasteiger partial charge on any atom is 0.115 e. The van der Waals surface area contributed by atoms with Gasteiger partial charge in [-0.2, -0.15) is 0 Å². The van der Waals surface area contributed by atoms with E-state index in [2.05, 4.69) is 178 Å². The summed E-state index contributed by atoms with van der Waals surface area (Å²) in [7, 11) is 0. The van der Waals surface area contributed by atoms with Gasteiger partial charge in [0.25, 0.3) is 0 Å². The number of rotatable bonds is 6. The fraction of sp³-hybridized carbons (Fsp3) is 0.0909. The molecule has 1 aliphatic carbocycles. The minimum absolute atomic E-state index is 0.462. The van der Waals surface area contributed by atoms with E-state index in [1.165, 1.54) is 81.9 Å². The van der Waals surface area contributed by atoms with Crippen molar-refractivity contribution in [3.05, 3.63) is 186 Å². The number of aromatic nitrogens is 2. The van der Waals surface area contributed by atoms with Crippen molar-refractivity contribution in [1.29, 1.82) is 0 Å². The third-order valence-corrected chi connectivity index (χ3v) is 12.3. The number of aryl methyl sites for hydroxylation is 1. The number of aliphatic imine (C=N–C) groups is 2. The Morgan fingerprint density at radius 3 is 2.08 bits per heavy atom. The van der Waals surface area contributed by atoms with E-state index in [-0.39, 0.29) is 0 Å². The van der Waals surface area contributed by atoms with Crippen molar-refractivity contribution in [1.82, 2.24) is 8.97 Å². The molecular formula is C55H42N4. The molecular weight excluding hydrogens is 717 g/mol. The van der Waals surface area contributed by atoms with Gasteiger partial charge in [-0.15, -0.1) is 0 Å². The smallest absolute Gasteiger partial charge is 0.115 e. The SMILES string of the molecule is C=Nc1ccccc1/C(=N\Cn1c2ccccc2c2cc(-c3ccc4c(c3)c3c5ccccc5cc5c6ccccc6n4c53)ccc21)c1ccc2c(c1)CCC=C2.CC. The van der Waals surface area contributed by atoms with Crippen LogP contribution in [0.1, 0.15) is 42.5 Å². The Morgan fingerprint density at radius 2 is 1.25 bits per heavy atom. The average Bonchev–Trinajstić information content (AvgIpc) is 3.94. The second kappa shape index (κ2) is 14.0. The van der Waals surface area contributed by atoms with Crippen molar-refractivity contribution in [2.75, 3.05) is 0 Å². The lowest BCUT2D eigenvalue weighted by Gasteiger charge is -2.15. The molecule has 11 aromatic rings. The summed E-state index contributed by atoms with van der Waals surface area (Å²) in [6.07, 6.45) is 6.58. The molecule has 1 aliphatic rings. The summed E-state index contributed by atoms with van der Waals surface area (Å²) in [5, 5.41) is 10.2. The van der Waals surface area contributed by atoms with Crippen LogP contribution in [0.5, 0.6) is 0 Å². The van der Waals surface area contributed by atoms with Crippen molar-refractivity contribution >= 4 is 94.9 Å². The number of benzene rings is 8. The molecule has 0 amide bonds. The van der Waals surface area contributed by atoms with Crippen LogP contribution in [-0.2, 0) is 13.1 Å². The van der Waals surface area contributed by atoms with E-state index >= 15 is 0 Å². The van der Waals surface area contributed by atoms with Crippen LogP contribution in [0.15, 0.2) is 174 Å². The highest BCUT2D eigenvalue weighted by Gasteiger charge is 2.21. The van der Waals surface area contributed by atoms with Crippen LogP contribution < -0.4 is 0 Å². The van der Waals surface area contributed by atoms with Crippen molar-refractivity contribution in [3.8, 4) is 11.1 Å². The molecule has 0 spiro atoms. The fourth-order valence-corrected chi connectivity index (χ4v) is 9.68. The van der Waals surface area contributed by atoms with E-state index in [0.29, 0.717) is 6.67 Å². The Labute approximate surface area is 343 Å². The van der Waals surface area contributed by atoms with E-state index in [1.807, 2.05) is 26.0 Å². The summed E-state index contributed by atoms with van der Waals surface area (Å²) in [6, 6.07) is 57.6. The molecule has 0 fully saturated rings. The molecule has 0 N–H and O–H groups in total. The first kappa shape index (κ1) is 34.9. The maximum atomic E-state index is 5.44. The summed E-state index contributed by atoms with van der Waals surface area (Å²) in [4.78, 5) is 9.84. The Balaban J connectivity index is 0.00000196. The summed E-state index contributed by atoms with van der Waals surface area (Å²) in [6.45, 7) is 8.37. The zero-order chi connectivity index (χ0) is 39.6. The standard InChI is InChI=1S/C53H36N4.C2H6/c1-54-46-19-9-6-18-42(46)52(38-23-22-33-12-2-3-13-34(33)28-38)55-32-56-47-20-10-7-16-40(47)43-29-35(24-26-48(43)56)36-25-27-50-45(30-36)51-39-15-5-4-14-37(39)31-44-41-17-8-11-21-49(41)57(50)53(44)51;1-2/h2,4-12,14-31H,1,3,13,32H2;1-2H3/b55-52-;. The molecule has 4 heteroatoms. The zero-order valence-electron chi connectivity index (χ0n) is 33.3. The van der Waals surface area contributed by atoms with Crippen LogP contribution in [-0.4, -0.2) is 21.4 Å². The lowest BCUT2D eigenvalue weighted by molar-refractivity contribution is 0.793. The Morgan fingerprint density at radius 1 is 0.593 bits per heavy atom. The van der Waals surface area contributed by atoms with Gasteiger partial charge < -0.3 is 8.97 Å². The second-order valence-corrected chi connectivity index (χ2v) is 15.3. The third-order valence-electron chi connectivity index (χ3n) is 12.3. The van der Waals surface area contributed by atoms with E-state index in [0.717, 1.165) is 46.4 Å². The molecule has 3 heterocycles. The van der Waals surface area contributed by atoms with Gasteiger partial charge in [-0.1, -0.05) is 129 Å². The molecule has 0 aliphatic heterocycles. The number of hydrogen-bond donors (Lipinski definition) is 0. The lowest BCUT2D eigenvalue weighted by Crippen LogP contribution is -2.08. The minimum Gasteiger partial charge on any atom is -0.320 e. The quantitative estimate of drug-likeness (QED) is 0.151. The molecule has 0 bridgehead atoms. The fourth-order valence-electron chi connectivity index (χ4n) is 9.68. The van der Waals surface area contributed by atoms with Crippen LogP contribution in [0.2, 0.25) is 0 Å². The van der Waals surface area contributed by atoms with Crippen molar-refractivity contribution in [2.24, 2.45) is 9.98 Å². The van der Waals surface area contributed by atoms with E-state index < -0.39 is 0 Å². The molecule has 0 unspecified atom stereocenters. The summed E-state index contributed by atoms with van der Waals surface area (Å²) in [5.74, 6) is 0. The molecule has 59 heavy (non-hydrogen) atoms. The van der Waals surface area contributed by atoms with Crippen molar-refractivity contribution in [3.63, 3.8) is 0 Å². The summed E-state index contributed by atoms with van der Waals surface area (Å²) < 4.78 is 4.83. The molecule has 0 saturated carbocycles. The number of hydrogen-bond acceptors (Lipinski definition) is 2. The van der Waals surface area contributed by atoms with E-state index in [9.17, 15) is 0 Å². The first-order valence-electron chi connectivity index (χ1n) is 20.7.